The van der Waals surface area contributed by atoms with Crippen molar-refractivity contribution in [2.75, 3.05) is 0 Å². The number of carbonyl (C=O) groups is 1. The molecule has 5 nitrogen and oxygen atoms in total. The molecule has 0 radical (unpaired) electrons. The van der Waals surface area contributed by atoms with Crippen LogP contribution < -0.4 is 5.32 Å². The van der Waals surface area contributed by atoms with Crippen LogP contribution in [0.5, 0.6) is 0 Å². The first-order valence-electron chi connectivity index (χ1n) is 8.54. The average molecular weight is 361 g/mol. The summed E-state index contributed by atoms with van der Waals surface area (Å²) in [7, 11) is 0. The van der Waals surface area contributed by atoms with Crippen molar-refractivity contribution in [3.63, 3.8) is 0 Å². The Morgan fingerprint density at radius 2 is 1.85 bits per heavy atom. The number of aromatic amines is 1. The topological polar surface area (TPSA) is 70.9 Å². The van der Waals surface area contributed by atoms with Crippen molar-refractivity contribution in [3.05, 3.63) is 77.7 Å². The molecule has 2 aromatic carbocycles. The Balaban J connectivity index is 0.00000210. The SMILES string of the molecule is C.Cc1cc(CNC(=O)Cc2c(-c3ccccc3)[nH]c3ccccc23)on1. The number of aryl methyl sites for hydroxylation is 1. The number of carbonyl (C=O) groups excluding carboxylic acids is 1. The Hall–Kier alpha value is -3.34. The predicted octanol–water partition coefficient (Wildman–Crippen LogP) is 4.63. The van der Waals surface area contributed by atoms with Crippen LogP contribution in [0.25, 0.3) is 22.2 Å². The van der Waals surface area contributed by atoms with E-state index in [1.54, 1.807) is 0 Å². The average Bonchev–Trinajstić information content (AvgIpc) is 3.25. The Kier molecular flexibility index (Phi) is 5.41. The third kappa shape index (κ3) is 3.92. The van der Waals surface area contributed by atoms with Gasteiger partial charge in [0.15, 0.2) is 5.76 Å². The van der Waals surface area contributed by atoms with E-state index in [-0.39, 0.29) is 13.3 Å². The summed E-state index contributed by atoms with van der Waals surface area (Å²) in [6, 6.07) is 19.9. The van der Waals surface area contributed by atoms with Crippen LogP contribution in [0.1, 0.15) is 24.4 Å². The molecule has 0 aliphatic heterocycles. The van der Waals surface area contributed by atoms with Gasteiger partial charge in [0.25, 0.3) is 0 Å². The molecule has 138 valence electrons. The van der Waals surface area contributed by atoms with E-state index in [2.05, 4.69) is 15.5 Å². The molecule has 0 bridgehead atoms. The molecule has 0 aliphatic rings. The second kappa shape index (κ2) is 7.91. The lowest BCUT2D eigenvalue weighted by molar-refractivity contribution is -0.120. The third-order valence-corrected chi connectivity index (χ3v) is 4.35. The summed E-state index contributed by atoms with van der Waals surface area (Å²) in [5, 5.41) is 7.81. The molecule has 4 aromatic rings. The summed E-state index contributed by atoms with van der Waals surface area (Å²) in [5.41, 5.74) is 4.88. The van der Waals surface area contributed by atoms with Gasteiger partial charge in [0.05, 0.1) is 24.4 Å². The predicted molar refractivity (Wildman–Crippen MR) is 107 cm³/mol. The molecule has 1 amide bonds. The van der Waals surface area contributed by atoms with Crippen LogP contribution in [0.3, 0.4) is 0 Å². The molecular weight excluding hydrogens is 338 g/mol. The molecule has 2 aromatic heterocycles. The first kappa shape index (κ1) is 18.5. The Morgan fingerprint density at radius 3 is 2.59 bits per heavy atom. The van der Waals surface area contributed by atoms with Crippen molar-refractivity contribution < 1.29 is 9.32 Å². The minimum atomic E-state index is -0.0546. The first-order valence-corrected chi connectivity index (χ1v) is 8.54. The number of hydrogen-bond donors (Lipinski definition) is 2. The number of nitrogens with one attached hydrogen (secondary N) is 2. The second-order valence-corrected chi connectivity index (χ2v) is 6.28. The van der Waals surface area contributed by atoms with Crippen LogP contribution in [-0.4, -0.2) is 16.0 Å². The summed E-state index contributed by atoms with van der Waals surface area (Å²) in [5.74, 6) is 0.596. The maximum atomic E-state index is 12.5. The van der Waals surface area contributed by atoms with Crippen molar-refractivity contribution in [1.29, 1.82) is 0 Å². The Morgan fingerprint density at radius 1 is 1.11 bits per heavy atom. The minimum Gasteiger partial charge on any atom is -0.359 e. The summed E-state index contributed by atoms with van der Waals surface area (Å²) < 4.78 is 5.14. The molecule has 0 atom stereocenters. The molecule has 4 rings (SSSR count). The maximum Gasteiger partial charge on any atom is 0.224 e. The first-order chi connectivity index (χ1) is 12.7. The Bertz CT molecular complexity index is 1050. The fourth-order valence-corrected chi connectivity index (χ4v) is 3.14. The van der Waals surface area contributed by atoms with Gasteiger partial charge in [0.1, 0.15) is 0 Å². The summed E-state index contributed by atoms with van der Waals surface area (Å²) in [4.78, 5) is 16.0. The van der Waals surface area contributed by atoms with Gasteiger partial charge in [0, 0.05) is 17.0 Å². The quantitative estimate of drug-likeness (QED) is 0.544. The fourth-order valence-electron chi connectivity index (χ4n) is 3.14. The van der Waals surface area contributed by atoms with Crippen LogP contribution in [0.4, 0.5) is 0 Å². The van der Waals surface area contributed by atoms with Gasteiger partial charge in [-0.2, -0.15) is 0 Å². The van der Waals surface area contributed by atoms with E-state index < -0.39 is 0 Å². The van der Waals surface area contributed by atoms with E-state index in [4.69, 9.17) is 4.52 Å². The molecule has 0 unspecified atom stereocenters. The second-order valence-electron chi connectivity index (χ2n) is 6.28. The van der Waals surface area contributed by atoms with E-state index in [0.29, 0.717) is 18.7 Å². The largest absolute Gasteiger partial charge is 0.359 e. The van der Waals surface area contributed by atoms with Gasteiger partial charge in [-0.15, -0.1) is 0 Å². The number of nitrogens with zero attached hydrogens (tertiary/aromatic N) is 1. The molecule has 0 fully saturated rings. The highest BCUT2D eigenvalue weighted by Gasteiger charge is 2.16. The van der Waals surface area contributed by atoms with Crippen molar-refractivity contribution >= 4 is 16.8 Å². The van der Waals surface area contributed by atoms with E-state index in [1.807, 2.05) is 67.6 Å². The van der Waals surface area contributed by atoms with Gasteiger partial charge in [-0.05, 0) is 24.1 Å². The lowest BCUT2D eigenvalue weighted by atomic mass is 10.0. The van der Waals surface area contributed by atoms with Gasteiger partial charge < -0.3 is 14.8 Å². The monoisotopic (exact) mass is 361 g/mol. The van der Waals surface area contributed by atoms with Crippen molar-refractivity contribution in [3.8, 4) is 11.3 Å². The minimum absolute atomic E-state index is 0. The number of H-pyrrole nitrogens is 1. The number of amides is 1. The fraction of sp³-hybridized carbons (Fsp3) is 0.182. The molecule has 27 heavy (non-hydrogen) atoms. The van der Waals surface area contributed by atoms with Gasteiger partial charge >= 0.3 is 0 Å². The summed E-state index contributed by atoms with van der Waals surface area (Å²) >= 11 is 0. The molecule has 2 N–H and O–H groups in total. The molecular formula is C22H23N3O2. The molecule has 2 heterocycles. The number of rotatable bonds is 5. The zero-order chi connectivity index (χ0) is 17.9. The lowest BCUT2D eigenvalue weighted by Gasteiger charge is -2.06. The van der Waals surface area contributed by atoms with Crippen LogP contribution in [-0.2, 0) is 17.8 Å². The number of para-hydroxylation sites is 1. The zero-order valence-corrected chi connectivity index (χ0v) is 14.5. The molecule has 0 saturated heterocycles. The molecule has 0 aliphatic carbocycles. The smallest absolute Gasteiger partial charge is 0.224 e. The molecule has 5 heteroatoms. The van der Waals surface area contributed by atoms with Crippen LogP contribution >= 0.6 is 0 Å². The highest BCUT2D eigenvalue weighted by molar-refractivity contribution is 5.95. The number of benzene rings is 2. The van der Waals surface area contributed by atoms with Gasteiger partial charge in [-0.25, -0.2) is 0 Å². The van der Waals surface area contributed by atoms with E-state index in [0.717, 1.165) is 33.4 Å². The number of hydrogen-bond acceptors (Lipinski definition) is 3. The van der Waals surface area contributed by atoms with Crippen LogP contribution in [0.2, 0.25) is 0 Å². The highest BCUT2D eigenvalue weighted by atomic mass is 16.5. The van der Waals surface area contributed by atoms with Gasteiger partial charge in [-0.1, -0.05) is 61.1 Å². The van der Waals surface area contributed by atoms with E-state index in [9.17, 15) is 4.79 Å². The zero-order valence-electron chi connectivity index (χ0n) is 14.5. The van der Waals surface area contributed by atoms with Gasteiger partial charge in [-0.3, -0.25) is 4.79 Å². The normalized spacial score (nSPS) is 10.6. The number of aromatic nitrogens is 2. The Labute approximate surface area is 158 Å². The third-order valence-electron chi connectivity index (χ3n) is 4.35. The maximum absolute atomic E-state index is 12.5. The molecule has 0 spiro atoms. The van der Waals surface area contributed by atoms with E-state index in [1.165, 1.54) is 0 Å². The number of fused-ring (bicyclic) bond motifs is 1. The van der Waals surface area contributed by atoms with Crippen LogP contribution in [0, 0.1) is 6.92 Å². The molecule has 0 saturated carbocycles. The van der Waals surface area contributed by atoms with Gasteiger partial charge in [0.2, 0.25) is 5.91 Å². The van der Waals surface area contributed by atoms with Crippen LogP contribution in [0.15, 0.2) is 65.2 Å². The van der Waals surface area contributed by atoms with Crippen molar-refractivity contribution in [2.24, 2.45) is 0 Å². The lowest BCUT2D eigenvalue weighted by Crippen LogP contribution is -2.24. The van der Waals surface area contributed by atoms with Crippen molar-refractivity contribution in [1.82, 2.24) is 15.5 Å². The van der Waals surface area contributed by atoms with Crippen molar-refractivity contribution in [2.45, 2.75) is 27.3 Å². The summed E-state index contributed by atoms with van der Waals surface area (Å²) in [6.45, 7) is 2.19. The standard InChI is InChI=1S/C21H19N3O2.CH4/c1-14-11-16(26-24-14)13-22-20(25)12-18-17-9-5-6-10-19(17)23-21(18)15-7-3-2-4-8-15;/h2-11,23H,12-13H2,1H3,(H,22,25);1H4. The summed E-state index contributed by atoms with van der Waals surface area (Å²) in [6.07, 6.45) is 0.293. The highest BCUT2D eigenvalue weighted by Crippen LogP contribution is 2.30. The van der Waals surface area contributed by atoms with E-state index >= 15 is 0 Å².